The van der Waals surface area contributed by atoms with E-state index in [4.69, 9.17) is 0 Å². The minimum atomic E-state index is -0.259. The quantitative estimate of drug-likeness (QED) is 0.745. The maximum atomic E-state index is 12.9. The van der Waals surface area contributed by atoms with Crippen LogP contribution in [0.25, 0.3) is 22.3 Å². The summed E-state index contributed by atoms with van der Waals surface area (Å²) in [5.74, 6) is -0.120. The Bertz CT molecular complexity index is 1030. The Morgan fingerprint density at radius 3 is 2.37 bits per heavy atom. The number of nitrogens with one attached hydrogen (secondary N) is 1. The number of nitrogens with zero attached hydrogens (tertiary/aromatic N) is 2. The van der Waals surface area contributed by atoms with E-state index < -0.39 is 0 Å². The fourth-order valence-electron chi connectivity index (χ4n) is 2.94. The van der Waals surface area contributed by atoms with E-state index in [1.807, 2.05) is 52.0 Å². The van der Waals surface area contributed by atoms with Crippen LogP contribution in [-0.4, -0.2) is 21.0 Å². The van der Waals surface area contributed by atoms with E-state index in [0.29, 0.717) is 23.4 Å². The Morgan fingerprint density at radius 2 is 1.74 bits per heavy atom. The zero-order valence-electron chi connectivity index (χ0n) is 16.2. The average Bonchev–Trinajstić information content (AvgIpc) is 2.67. The molecule has 1 amide bonds. The van der Waals surface area contributed by atoms with Crippen LogP contribution in [-0.2, 0) is 6.54 Å². The lowest BCUT2D eigenvalue weighted by Gasteiger charge is -2.24. The zero-order valence-corrected chi connectivity index (χ0v) is 16.2. The van der Waals surface area contributed by atoms with Crippen molar-refractivity contribution in [1.29, 1.82) is 0 Å². The monoisotopic (exact) mass is 363 g/mol. The van der Waals surface area contributed by atoms with Gasteiger partial charge in [0.1, 0.15) is 5.69 Å². The lowest BCUT2D eigenvalue weighted by atomic mass is 10.0. The molecule has 0 atom stereocenters. The molecule has 140 valence electrons. The van der Waals surface area contributed by atoms with Gasteiger partial charge in [0.05, 0.1) is 11.0 Å². The highest BCUT2D eigenvalue weighted by atomic mass is 16.2. The number of amides is 1. The van der Waals surface area contributed by atoms with Crippen molar-refractivity contribution in [3.8, 4) is 11.3 Å². The van der Waals surface area contributed by atoms with Crippen LogP contribution in [0.5, 0.6) is 0 Å². The number of carbonyl (C=O) groups excluding carboxylic acids is 1. The fourth-order valence-corrected chi connectivity index (χ4v) is 2.94. The Morgan fingerprint density at radius 1 is 1.07 bits per heavy atom. The summed E-state index contributed by atoms with van der Waals surface area (Å²) in [6.07, 6.45) is 0.842. The van der Waals surface area contributed by atoms with E-state index in [1.165, 1.54) is 0 Å². The number of rotatable bonds is 5. The number of aryl methyl sites for hydroxylation is 1. The maximum Gasteiger partial charge on any atom is 0.277 e. The summed E-state index contributed by atoms with van der Waals surface area (Å²) < 4.78 is 1.72. The van der Waals surface area contributed by atoms with Gasteiger partial charge in [0.2, 0.25) is 0 Å². The first-order chi connectivity index (χ1) is 12.9. The van der Waals surface area contributed by atoms with Gasteiger partial charge in [-0.3, -0.25) is 9.59 Å². The van der Waals surface area contributed by atoms with Crippen LogP contribution in [0.1, 0.15) is 44.5 Å². The van der Waals surface area contributed by atoms with Crippen molar-refractivity contribution in [3.63, 3.8) is 0 Å². The second kappa shape index (κ2) is 7.35. The molecule has 0 unspecified atom stereocenters. The number of hydrogen-bond donors (Lipinski definition) is 1. The van der Waals surface area contributed by atoms with E-state index in [1.54, 1.807) is 28.8 Å². The molecule has 1 N–H and O–H groups in total. The minimum Gasteiger partial charge on any atom is -0.347 e. The Labute approximate surface area is 159 Å². The van der Waals surface area contributed by atoms with Gasteiger partial charge in [-0.25, -0.2) is 4.98 Å². The number of fused-ring (bicyclic) bond motifs is 1. The molecule has 0 aliphatic rings. The molecular weight excluding hydrogens is 338 g/mol. The van der Waals surface area contributed by atoms with Gasteiger partial charge in [0.15, 0.2) is 0 Å². The summed E-state index contributed by atoms with van der Waals surface area (Å²) in [4.78, 5) is 29.9. The third kappa shape index (κ3) is 3.77. The molecule has 5 heteroatoms. The molecule has 0 bridgehead atoms. The van der Waals surface area contributed by atoms with Crippen molar-refractivity contribution in [2.45, 2.75) is 46.2 Å². The summed E-state index contributed by atoms with van der Waals surface area (Å²) in [6, 6.07) is 14.7. The molecule has 0 aliphatic carbocycles. The molecule has 1 aromatic heterocycles. The normalized spacial score (nSPS) is 11.6. The molecule has 27 heavy (non-hydrogen) atoms. The van der Waals surface area contributed by atoms with Crippen molar-refractivity contribution in [2.75, 3.05) is 0 Å². The molecule has 0 aliphatic heterocycles. The number of hydrogen-bond acceptors (Lipinski definition) is 3. The van der Waals surface area contributed by atoms with Crippen molar-refractivity contribution >= 4 is 16.9 Å². The Balaban J connectivity index is 2.00. The molecule has 3 rings (SSSR count). The fraction of sp³-hybridized carbons (Fsp3) is 0.318. The van der Waals surface area contributed by atoms with Crippen LogP contribution < -0.4 is 10.9 Å². The zero-order chi connectivity index (χ0) is 19.6. The largest absolute Gasteiger partial charge is 0.347 e. The molecule has 0 radical (unpaired) electrons. The van der Waals surface area contributed by atoms with Crippen molar-refractivity contribution in [3.05, 3.63) is 64.4 Å². The standard InChI is InChI=1S/C22H25N3O2/c1-5-22(3,4)24-20(26)16-13-11-15(12-14-16)19-21(27)25(6-2)18-10-8-7-9-17(18)23-19/h7-14H,5-6H2,1-4H3,(H,24,26). The molecule has 1 heterocycles. The van der Waals surface area contributed by atoms with Gasteiger partial charge >= 0.3 is 0 Å². The smallest absolute Gasteiger partial charge is 0.277 e. The van der Waals surface area contributed by atoms with Crippen LogP contribution in [0.2, 0.25) is 0 Å². The Kier molecular flexibility index (Phi) is 5.13. The van der Waals surface area contributed by atoms with Crippen LogP contribution in [0.4, 0.5) is 0 Å². The van der Waals surface area contributed by atoms with Gasteiger partial charge in [-0.1, -0.05) is 31.2 Å². The number of aromatic nitrogens is 2. The summed E-state index contributed by atoms with van der Waals surface area (Å²) in [5.41, 5.74) is 2.89. The number of carbonyl (C=O) groups is 1. The molecule has 0 fully saturated rings. The summed E-state index contributed by atoms with van der Waals surface area (Å²) in [6.45, 7) is 8.53. The van der Waals surface area contributed by atoms with Crippen molar-refractivity contribution < 1.29 is 4.79 Å². The average molecular weight is 363 g/mol. The second-order valence-electron chi connectivity index (χ2n) is 7.27. The van der Waals surface area contributed by atoms with Gasteiger partial charge in [0, 0.05) is 23.2 Å². The summed E-state index contributed by atoms with van der Waals surface area (Å²) in [5, 5.41) is 3.01. The molecule has 0 spiro atoms. The summed E-state index contributed by atoms with van der Waals surface area (Å²) >= 11 is 0. The highest BCUT2D eigenvalue weighted by molar-refractivity contribution is 5.95. The molecule has 0 saturated heterocycles. The molecule has 2 aromatic carbocycles. The SMILES string of the molecule is CCn1c(=O)c(-c2ccc(C(=O)NC(C)(C)CC)cc2)nc2ccccc21. The van der Waals surface area contributed by atoms with Gasteiger partial charge in [-0.15, -0.1) is 0 Å². The minimum absolute atomic E-state index is 0.120. The maximum absolute atomic E-state index is 12.9. The van der Waals surface area contributed by atoms with Gasteiger partial charge < -0.3 is 9.88 Å². The second-order valence-corrected chi connectivity index (χ2v) is 7.27. The van der Waals surface area contributed by atoms with Crippen LogP contribution in [0, 0.1) is 0 Å². The van der Waals surface area contributed by atoms with Crippen LogP contribution in [0.3, 0.4) is 0 Å². The van der Waals surface area contributed by atoms with E-state index in [-0.39, 0.29) is 17.0 Å². The first-order valence-electron chi connectivity index (χ1n) is 9.29. The third-order valence-electron chi connectivity index (χ3n) is 4.93. The lowest BCUT2D eigenvalue weighted by Crippen LogP contribution is -2.42. The van der Waals surface area contributed by atoms with Crippen LogP contribution in [0.15, 0.2) is 53.3 Å². The van der Waals surface area contributed by atoms with Gasteiger partial charge in [-0.05, 0) is 51.5 Å². The molecular formula is C22H25N3O2. The molecule has 5 nitrogen and oxygen atoms in total. The van der Waals surface area contributed by atoms with Crippen LogP contribution >= 0.6 is 0 Å². The van der Waals surface area contributed by atoms with Crippen molar-refractivity contribution in [1.82, 2.24) is 14.9 Å². The third-order valence-corrected chi connectivity index (χ3v) is 4.93. The van der Waals surface area contributed by atoms with E-state index >= 15 is 0 Å². The summed E-state index contributed by atoms with van der Waals surface area (Å²) in [7, 11) is 0. The van der Waals surface area contributed by atoms with E-state index in [0.717, 1.165) is 17.5 Å². The van der Waals surface area contributed by atoms with Crippen molar-refractivity contribution in [2.24, 2.45) is 0 Å². The highest BCUT2D eigenvalue weighted by Gasteiger charge is 2.19. The predicted octanol–water partition coefficient (Wildman–Crippen LogP) is 4.00. The number of benzene rings is 2. The highest BCUT2D eigenvalue weighted by Crippen LogP contribution is 2.19. The van der Waals surface area contributed by atoms with Gasteiger partial charge in [-0.2, -0.15) is 0 Å². The van der Waals surface area contributed by atoms with Gasteiger partial charge in [0.25, 0.3) is 11.5 Å². The predicted molar refractivity (Wildman–Crippen MR) is 109 cm³/mol. The Hall–Kier alpha value is -2.95. The number of para-hydroxylation sites is 2. The van der Waals surface area contributed by atoms with E-state index in [9.17, 15) is 9.59 Å². The molecule has 0 saturated carbocycles. The molecule has 3 aromatic rings. The lowest BCUT2D eigenvalue weighted by molar-refractivity contribution is 0.0911. The first kappa shape index (κ1) is 18.8. The topological polar surface area (TPSA) is 64.0 Å². The first-order valence-corrected chi connectivity index (χ1v) is 9.29. The van der Waals surface area contributed by atoms with E-state index in [2.05, 4.69) is 10.3 Å².